The van der Waals surface area contributed by atoms with Crippen LogP contribution in [0.5, 0.6) is 11.5 Å². The van der Waals surface area contributed by atoms with Crippen molar-refractivity contribution in [3.63, 3.8) is 0 Å². The number of benzene rings is 2. The highest BCUT2D eigenvalue weighted by Gasteiger charge is 2.09. The zero-order chi connectivity index (χ0) is 23.3. The van der Waals surface area contributed by atoms with E-state index >= 15 is 0 Å². The molecule has 1 saturated heterocycles. The molecule has 1 heterocycles. The van der Waals surface area contributed by atoms with Crippen LogP contribution in [-0.2, 0) is 0 Å². The molecule has 0 unspecified atom stereocenters. The maximum absolute atomic E-state index is 9.68. The number of likely N-dealkylation sites (N-methyl/N-ethyl adjacent to an activating group) is 1. The van der Waals surface area contributed by atoms with Gasteiger partial charge in [-0.1, -0.05) is 32.4 Å². The summed E-state index contributed by atoms with van der Waals surface area (Å²) in [6.07, 6.45) is 5.86. The summed E-state index contributed by atoms with van der Waals surface area (Å²) in [7, 11) is 0. The van der Waals surface area contributed by atoms with E-state index in [1.807, 2.05) is 54.6 Å². The number of nitrogens with zero attached hydrogens (tertiary/aromatic N) is 3. The van der Waals surface area contributed by atoms with E-state index in [-0.39, 0.29) is 0 Å². The SMILES string of the molecule is CCN(CC)CCOc1ccc(/C(C#N)=C/c2ccc(OCCN3CCCCC3)cc2)cc1. The largest absolute Gasteiger partial charge is 0.492 e. The van der Waals surface area contributed by atoms with Crippen LogP contribution in [0, 0.1) is 11.3 Å². The first-order chi connectivity index (χ1) is 16.2. The molecule has 5 nitrogen and oxygen atoms in total. The lowest BCUT2D eigenvalue weighted by molar-refractivity contribution is 0.183. The van der Waals surface area contributed by atoms with E-state index in [9.17, 15) is 5.26 Å². The van der Waals surface area contributed by atoms with Gasteiger partial charge in [-0.3, -0.25) is 4.90 Å². The van der Waals surface area contributed by atoms with E-state index in [1.54, 1.807) is 0 Å². The third kappa shape index (κ3) is 8.24. The van der Waals surface area contributed by atoms with Gasteiger partial charge in [0.1, 0.15) is 24.7 Å². The third-order valence-electron chi connectivity index (χ3n) is 6.17. The van der Waals surface area contributed by atoms with Gasteiger partial charge < -0.3 is 14.4 Å². The second-order valence-electron chi connectivity index (χ2n) is 8.39. The molecule has 0 amide bonds. The summed E-state index contributed by atoms with van der Waals surface area (Å²) >= 11 is 0. The van der Waals surface area contributed by atoms with E-state index in [4.69, 9.17) is 9.47 Å². The first kappa shape index (κ1) is 24.8. The lowest BCUT2D eigenvalue weighted by atomic mass is 10.0. The van der Waals surface area contributed by atoms with Crippen LogP contribution in [0.4, 0.5) is 0 Å². The number of rotatable bonds is 12. The van der Waals surface area contributed by atoms with Crippen LogP contribution < -0.4 is 9.47 Å². The fourth-order valence-electron chi connectivity index (χ4n) is 4.05. The van der Waals surface area contributed by atoms with Crippen molar-refractivity contribution < 1.29 is 9.47 Å². The van der Waals surface area contributed by atoms with Crippen LogP contribution in [0.1, 0.15) is 44.2 Å². The van der Waals surface area contributed by atoms with Crippen molar-refractivity contribution in [3.8, 4) is 17.6 Å². The van der Waals surface area contributed by atoms with E-state index in [0.717, 1.165) is 48.8 Å². The Morgan fingerprint density at radius 2 is 1.52 bits per heavy atom. The number of likely N-dealkylation sites (tertiary alicyclic amines) is 1. The molecule has 1 aliphatic rings. The first-order valence-electron chi connectivity index (χ1n) is 12.2. The molecule has 0 bridgehead atoms. The van der Waals surface area contributed by atoms with Gasteiger partial charge >= 0.3 is 0 Å². The van der Waals surface area contributed by atoms with Gasteiger partial charge in [0.2, 0.25) is 0 Å². The summed E-state index contributed by atoms with van der Waals surface area (Å²) in [5.41, 5.74) is 2.49. The Morgan fingerprint density at radius 3 is 2.12 bits per heavy atom. The normalized spacial score (nSPS) is 14.8. The van der Waals surface area contributed by atoms with Gasteiger partial charge in [0.15, 0.2) is 0 Å². The molecule has 0 spiro atoms. The van der Waals surface area contributed by atoms with Crippen molar-refractivity contribution in [2.75, 3.05) is 52.5 Å². The minimum absolute atomic E-state index is 0.628. The van der Waals surface area contributed by atoms with Crippen LogP contribution in [-0.4, -0.2) is 62.3 Å². The summed E-state index contributed by atoms with van der Waals surface area (Å²) in [6, 6.07) is 18.0. The van der Waals surface area contributed by atoms with Crippen molar-refractivity contribution in [1.82, 2.24) is 9.80 Å². The molecule has 1 aliphatic heterocycles. The summed E-state index contributed by atoms with van der Waals surface area (Å²) < 4.78 is 11.8. The average molecular weight is 448 g/mol. The van der Waals surface area contributed by atoms with E-state index < -0.39 is 0 Å². The smallest absolute Gasteiger partial charge is 0.119 e. The van der Waals surface area contributed by atoms with Gasteiger partial charge in [0.05, 0.1) is 11.6 Å². The molecule has 0 aromatic heterocycles. The molecule has 1 fully saturated rings. The molecule has 0 radical (unpaired) electrons. The number of nitriles is 1. The zero-order valence-electron chi connectivity index (χ0n) is 20.1. The summed E-state index contributed by atoms with van der Waals surface area (Å²) in [5, 5.41) is 9.68. The molecule has 5 heteroatoms. The zero-order valence-corrected chi connectivity index (χ0v) is 20.1. The maximum Gasteiger partial charge on any atom is 0.119 e. The van der Waals surface area contributed by atoms with Gasteiger partial charge in [-0.2, -0.15) is 5.26 Å². The van der Waals surface area contributed by atoms with Crippen LogP contribution in [0.2, 0.25) is 0 Å². The number of allylic oxidation sites excluding steroid dienone is 1. The van der Waals surface area contributed by atoms with Gasteiger partial charge in [0, 0.05) is 13.1 Å². The highest BCUT2D eigenvalue weighted by atomic mass is 16.5. The standard InChI is InChI=1S/C28H37N3O2/c1-3-30(4-2)18-20-32-28-14-10-25(11-15-28)26(23-29)22-24-8-12-27(13-9-24)33-21-19-31-16-6-5-7-17-31/h8-15,22H,3-7,16-21H2,1-2H3/b26-22+. The molecule has 3 rings (SSSR count). The van der Waals surface area contributed by atoms with Crippen LogP contribution in [0.25, 0.3) is 11.6 Å². The lowest BCUT2D eigenvalue weighted by Crippen LogP contribution is -2.33. The van der Waals surface area contributed by atoms with Crippen LogP contribution >= 0.6 is 0 Å². The predicted octanol–water partition coefficient (Wildman–Crippen LogP) is 5.34. The maximum atomic E-state index is 9.68. The van der Waals surface area contributed by atoms with E-state index in [2.05, 4.69) is 29.7 Å². The second kappa shape index (κ2) is 13.7. The van der Waals surface area contributed by atoms with Crippen LogP contribution in [0.15, 0.2) is 48.5 Å². The van der Waals surface area contributed by atoms with E-state index in [0.29, 0.717) is 18.8 Å². The molecule has 0 saturated carbocycles. The fourth-order valence-corrected chi connectivity index (χ4v) is 4.05. The molecule has 33 heavy (non-hydrogen) atoms. The fraction of sp³-hybridized carbons (Fsp3) is 0.464. The van der Waals surface area contributed by atoms with Crippen molar-refractivity contribution in [1.29, 1.82) is 5.26 Å². The minimum Gasteiger partial charge on any atom is -0.492 e. The van der Waals surface area contributed by atoms with Crippen molar-refractivity contribution >= 4 is 11.6 Å². The Morgan fingerprint density at radius 1 is 0.909 bits per heavy atom. The molecular weight excluding hydrogens is 410 g/mol. The summed E-state index contributed by atoms with van der Waals surface area (Å²) in [4.78, 5) is 4.80. The number of hydrogen-bond acceptors (Lipinski definition) is 5. The van der Waals surface area contributed by atoms with Gasteiger partial charge in [0.25, 0.3) is 0 Å². The van der Waals surface area contributed by atoms with Crippen molar-refractivity contribution in [3.05, 3.63) is 59.7 Å². The summed E-state index contributed by atoms with van der Waals surface area (Å²) in [6.45, 7) is 12.0. The molecule has 176 valence electrons. The van der Waals surface area contributed by atoms with Gasteiger partial charge in [-0.25, -0.2) is 0 Å². The molecule has 0 N–H and O–H groups in total. The molecular formula is C28H37N3O2. The summed E-state index contributed by atoms with van der Waals surface area (Å²) in [5.74, 6) is 1.70. The highest BCUT2D eigenvalue weighted by molar-refractivity contribution is 5.89. The Kier molecular flexibility index (Phi) is 10.3. The minimum atomic E-state index is 0.628. The number of piperidine rings is 1. The Labute approximate surface area is 199 Å². The lowest BCUT2D eigenvalue weighted by Gasteiger charge is -2.26. The monoisotopic (exact) mass is 447 g/mol. The number of ether oxygens (including phenoxy) is 2. The Hall–Kier alpha value is -2.81. The molecule has 0 atom stereocenters. The van der Waals surface area contributed by atoms with Crippen molar-refractivity contribution in [2.24, 2.45) is 0 Å². The third-order valence-corrected chi connectivity index (χ3v) is 6.17. The second-order valence-corrected chi connectivity index (χ2v) is 8.39. The molecule has 2 aromatic carbocycles. The van der Waals surface area contributed by atoms with E-state index in [1.165, 1.54) is 32.4 Å². The van der Waals surface area contributed by atoms with Gasteiger partial charge in [-0.15, -0.1) is 0 Å². The number of hydrogen-bond donors (Lipinski definition) is 0. The van der Waals surface area contributed by atoms with Crippen LogP contribution in [0.3, 0.4) is 0 Å². The topological polar surface area (TPSA) is 48.7 Å². The van der Waals surface area contributed by atoms with Gasteiger partial charge in [-0.05, 0) is 92.6 Å². The highest BCUT2D eigenvalue weighted by Crippen LogP contribution is 2.22. The molecule has 2 aromatic rings. The first-order valence-corrected chi connectivity index (χ1v) is 12.2. The molecule has 0 aliphatic carbocycles. The predicted molar refractivity (Wildman–Crippen MR) is 135 cm³/mol. The van der Waals surface area contributed by atoms with Crippen molar-refractivity contribution in [2.45, 2.75) is 33.1 Å². The Bertz CT molecular complexity index is 890. The Balaban J connectivity index is 1.51. The quantitative estimate of drug-likeness (QED) is 0.325. The average Bonchev–Trinajstić information content (AvgIpc) is 2.87.